The van der Waals surface area contributed by atoms with Crippen molar-refractivity contribution in [1.29, 1.82) is 0 Å². The number of nitro groups is 1. The molecule has 0 aromatic heterocycles. The zero-order valence-corrected chi connectivity index (χ0v) is 34.7. The summed E-state index contributed by atoms with van der Waals surface area (Å²) in [5.74, 6) is -3.82. The Morgan fingerprint density at radius 2 is 1.50 bits per heavy atom. The molecule has 60 heavy (non-hydrogen) atoms. The number of carbonyl (C=O) groups excluding carboxylic acids is 2. The lowest BCUT2D eigenvalue weighted by Gasteiger charge is -2.28. The van der Waals surface area contributed by atoms with Gasteiger partial charge in [-0.25, -0.2) is 4.39 Å². The van der Waals surface area contributed by atoms with Gasteiger partial charge in [0.15, 0.2) is 5.78 Å². The van der Waals surface area contributed by atoms with Gasteiger partial charge in [-0.05, 0) is 69.2 Å². The Morgan fingerprint density at radius 1 is 0.867 bits per heavy atom. The summed E-state index contributed by atoms with van der Waals surface area (Å²) in [5.41, 5.74) is 12.9. The first-order chi connectivity index (χ1) is 28.8. The number of hydroxylamine groups is 2. The van der Waals surface area contributed by atoms with Crippen molar-refractivity contribution in [3.05, 3.63) is 81.4 Å². The van der Waals surface area contributed by atoms with Gasteiger partial charge in [0.25, 0.3) is 0 Å². The lowest BCUT2D eigenvalue weighted by molar-refractivity contribution is -0.493. The number of benzene rings is 2. The van der Waals surface area contributed by atoms with E-state index in [1.54, 1.807) is 24.3 Å². The molecule has 338 valence electrons. The number of rotatable bonds is 35. The van der Waals surface area contributed by atoms with Crippen molar-refractivity contribution in [2.75, 3.05) is 66.3 Å². The lowest BCUT2D eigenvalue weighted by Crippen LogP contribution is -2.44. The van der Waals surface area contributed by atoms with Crippen LogP contribution in [0.2, 0.25) is 0 Å². The topological polar surface area (TPSA) is 273 Å². The Bertz CT molecular complexity index is 1510. The summed E-state index contributed by atoms with van der Waals surface area (Å²) in [4.78, 5) is 55.3. The van der Waals surface area contributed by atoms with E-state index >= 15 is 0 Å². The van der Waals surface area contributed by atoms with Gasteiger partial charge in [0.2, 0.25) is 12.5 Å². The number of unbranched alkanes of at least 4 members (excludes halogenated alkanes) is 2. The first-order valence-corrected chi connectivity index (χ1v) is 20.8. The molecule has 7 atom stereocenters. The molecular formula is C42H67FN6O11. The number of nitrogens with zero attached hydrogens (tertiary/aromatic N) is 2. The second kappa shape index (κ2) is 30.1. The summed E-state index contributed by atoms with van der Waals surface area (Å²) < 4.78 is 17.3. The van der Waals surface area contributed by atoms with Crippen LogP contribution in [0.3, 0.4) is 0 Å². The van der Waals surface area contributed by atoms with Crippen molar-refractivity contribution in [2.24, 2.45) is 29.2 Å². The van der Waals surface area contributed by atoms with Crippen molar-refractivity contribution in [3.63, 3.8) is 0 Å². The van der Waals surface area contributed by atoms with Crippen LogP contribution >= 0.6 is 0 Å². The van der Waals surface area contributed by atoms with Crippen LogP contribution in [0.5, 0.6) is 0 Å². The average molecular weight is 850 g/mol. The van der Waals surface area contributed by atoms with Crippen molar-refractivity contribution >= 4 is 17.7 Å². The highest BCUT2D eigenvalue weighted by atomic mass is 18.2. The summed E-state index contributed by atoms with van der Waals surface area (Å²) in [7, 11) is 1.53. The fraction of sp³-hybridized carbons (Fsp3) is 0.643. The van der Waals surface area contributed by atoms with Gasteiger partial charge in [-0.15, -0.1) is 0 Å². The molecule has 2 rings (SSSR count). The van der Waals surface area contributed by atoms with E-state index in [9.17, 15) is 49.3 Å². The van der Waals surface area contributed by atoms with Gasteiger partial charge in [0, 0.05) is 48.9 Å². The molecule has 2 aromatic carbocycles. The first kappa shape index (κ1) is 52.2. The number of ether oxygens (including phenoxy) is 1. The molecule has 1 amide bonds. The number of aliphatic carboxylic acids is 1. The Balaban J connectivity index is 2.08. The van der Waals surface area contributed by atoms with E-state index in [1.807, 2.05) is 30.3 Å². The molecule has 17 nitrogen and oxygen atoms in total. The molecule has 2 aromatic rings. The Labute approximate surface area is 352 Å². The van der Waals surface area contributed by atoms with Crippen LogP contribution in [0, 0.1) is 27.9 Å². The van der Waals surface area contributed by atoms with Crippen LogP contribution in [0.1, 0.15) is 85.3 Å². The van der Waals surface area contributed by atoms with E-state index in [2.05, 4.69) is 10.6 Å². The molecule has 0 spiro atoms. The smallest absolute Gasteiger partial charge is 0.306 e. The summed E-state index contributed by atoms with van der Waals surface area (Å²) in [5, 5.41) is 61.0. The minimum atomic E-state index is -1.19. The van der Waals surface area contributed by atoms with Gasteiger partial charge in [-0.2, -0.15) is 5.06 Å². The predicted octanol–water partition coefficient (Wildman–Crippen LogP) is 2.39. The number of Topliss-reactive ketones (excluding diaryl/α,β-unsaturated/α-hetero) is 1. The number of hydrogen-bond acceptors (Lipinski definition) is 14. The number of ketones is 1. The van der Waals surface area contributed by atoms with E-state index in [0.717, 1.165) is 5.56 Å². The van der Waals surface area contributed by atoms with E-state index in [-0.39, 0.29) is 58.0 Å². The normalized spacial score (nSPS) is 15.1. The van der Waals surface area contributed by atoms with Crippen LogP contribution in [0.15, 0.2) is 54.6 Å². The van der Waals surface area contributed by atoms with Crippen molar-refractivity contribution in [1.82, 2.24) is 15.7 Å². The van der Waals surface area contributed by atoms with E-state index < -0.39 is 72.3 Å². The molecule has 0 saturated carbocycles. The number of carbonyl (C=O) groups is 3. The zero-order chi connectivity index (χ0) is 44.3. The number of halogens is 1. The van der Waals surface area contributed by atoms with Gasteiger partial charge < -0.3 is 41.9 Å². The largest absolute Gasteiger partial charge is 0.481 e. The van der Waals surface area contributed by atoms with E-state index in [1.165, 1.54) is 12.1 Å². The number of carboxylic acid groups (broad SMARTS) is 1. The lowest BCUT2D eigenvalue weighted by atomic mass is 9.90. The maximum atomic E-state index is 13.5. The molecule has 1 unspecified atom stereocenters. The third-order valence-corrected chi connectivity index (χ3v) is 10.3. The Morgan fingerprint density at radius 3 is 2.10 bits per heavy atom. The van der Waals surface area contributed by atoms with E-state index in [4.69, 9.17) is 21.0 Å². The Kier molecular flexibility index (Phi) is 26.2. The molecule has 0 aliphatic heterocycles. The maximum absolute atomic E-state index is 13.5. The van der Waals surface area contributed by atoms with Gasteiger partial charge in [-0.3, -0.25) is 34.7 Å². The number of nitrogens with two attached hydrogens (primary N) is 2. The van der Waals surface area contributed by atoms with Crippen LogP contribution in [-0.4, -0.2) is 133 Å². The number of alkyl halides is 1. The van der Waals surface area contributed by atoms with Crippen LogP contribution in [0.4, 0.5) is 4.39 Å². The number of aliphatic hydroxyl groups is 3. The standard InChI is InChI=1S/C42H67FN6O11/c1-48(60-22-21-59-20-17-43)38(29-49(57)58)31-13-15-32(16-14-31)39(52)26-33(11-5-7-18-44)40(53)46-28-37(51)25-35(23-30-9-3-2-4-10-30)41(54)47-27-36(50)24-34(42(55)56)12-6-8-19-45/h2-4,9-10,13-16,33-38,41,47,50-51,54H,5-8,11-12,17-29,44-45H2,1H3,(H,46,53)(H,55,56)/t33-,34-,35-,36-,37-,38?,41-/m1/s1/i43-1. The summed E-state index contributed by atoms with van der Waals surface area (Å²) >= 11 is 0. The minimum Gasteiger partial charge on any atom is -0.481 e. The number of amides is 1. The molecule has 0 heterocycles. The van der Waals surface area contributed by atoms with Crippen molar-refractivity contribution < 1.29 is 53.7 Å². The fourth-order valence-corrected chi connectivity index (χ4v) is 6.90. The second-order valence-corrected chi connectivity index (χ2v) is 15.1. The highest BCUT2D eigenvalue weighted by molar-refractivity contribution is 5.98. The molecule has 0 fully saturated rings. The maximum Gasteiger partial charge on any atom is 0.306 e. The van der Waals surface area contributed by atoms with Gasteiger partial charge >= 0.3 is 5.97 Å². The quantitative estimate of drug-likeness (QED) is 0.0163. The summed E-state index contributed by atoms with van der Waals surface area (Å²) in [6, 6.07) is 14.8. The molecule has 0 aliphatic carbocycles. The second-order valence-electron chi connectivity index (χ2n) is 15.1. The molecule has 0 radical (unpaired) electrons. The number of likely N-dealkylation sites (N-methyl/N-ethyl adjacent to an activating group) is 1. The number of carboxylic acids is 1. The third-order valence-electron chi connectivity index (χ3n) is 10.3. The highest BCUT2D eigenvalue weighted by Crippen LogP contribution is 2.24. The number of nitrogens with one attached hydrogen (secondary N) is 2. The monoisotopic (exact) mass is 849 g/mol. The van der Waals surface area contributed by atoms with E-state index in [0.29, 0.717) is 69.2 Å². The average Bonchev–Trinajstić information content (AvgIpc) is 3.23. The first-order valence-electron chi connectivity index (χ1n) is 20.8. The molecule has 18 heteroatoms. The molecule has 0 saturated heterocycles. The molecular weight excluding hydrogens is 782 g/mol. The van der Waals surface area contributed by atoms with Crippen molar-refractivity contribution in [3.8, 4) is 0 Å². The number of hydrogen-bond donors (Lipinski definition) is 8. The SMILES string of the molecule is CN(OCCOCC[18F])C(C[N+](=O)[O-])c1ccc(C(=O)C[C@@H](CCCCN)C(=O)NC[C@H](O)C[C@@H](Cc2ccccc2)[C@@H](O)NC[C@H](O)C[C@@H](CCCCN)C(=O)O)cc1. The van der Waals surface area contributed by atoms with Gasteiger partial charge in [-0.1, -0.05) is 67.4 Å². The molecule has 10 N–H and O–H groups in total. The molecule has 0 aliphatic rings. The predicted molar refractivity (Wildman–Crippen MR) is 223 cm³/mol. The van der Waals surface area contributed by atoms with Crippen molar-refractivity contribution in [2.45, 2.75) is 88.7 Å². The Hall–Kier alpha value is -3.98. The summed E-state index contributed by atoms with van der Waals surface area (Å²) in [6.45, 7) is -0.433. The van der Waals surface area contributed by atoms with Crippen LogP contribution < -0.4 is 22.1 Å². The third kappa shape index (κ3) is 21.0. The number of aliphatic hydroxyl groups excluding tert-OH is 3. The molecule has 0 bridgehead atoms. The zero-order valence-electron chi connectivity index (χ0n) is 34.7. The van der Waals surface area contributed by atoms with Crippen LogP contribution in [-0.2, 0) is 25.6 Å². The van der Waals surface area contributed by atoms with Gasteiger partial charge in [0.1, 0.15) is 18.9 Å². The van der Waals surface area contributed by atoms with Gasteiger partial charge in [0.05, 0.1) is 37.9 Å². The summed E-state index contributed by atoms with van der Waals surface area (Å²) in [6.07, 6.45) is 0.216. The highest BCUT2D eigenvalue weighted by Gasteiger charge is 2.28. The fourth-order valence-electron chi connectivity index (χ4n) is 6.90. The van der Waals surface area contributed by atoms with Crippen LogP contribution in [0.25, 0.3) is 0 Å². The minimum absolute atomic E-state index is 0.00313.